The van der Waals surface area contributed by atoms with E-state index in [2.05, 4.69) is 6.92 Å². The van der Waals surface area contributed by atoms with E-state index < -0.39 is 0 Å². The minimum absolute atomic E-state index is 0.201. The summed E-state index contributed by atoms with van der Waals surface area (Å²) >= 11 is 0. The summed E-state index contributed by atoms with van der Waals surface area (Å²) in [5.74, 6) is 1.53. The van der Waals surface area contributed by atoms with Crippen molar-refractivity contribution < 1.29 is 15.0 Å². The standard InChI is InChI=1S/C18H22O3/c1-18-7-6-13-12-3-2-11(19)8-10(12)9-15(20)17(13)14(18)4-5-16(18)21/h2-3,8,13-15,17,19-20H,4-7,9H2,1H3/t13-,14+,15?,17?,18+/m1/s1. The van der Waals surface area contributed by atoms with E-state index in [9.17, 15) is 15.0 Å². The third kappa shape index (κ3) is 1.73. The van der Waals surface area contributed by atoms with Crippen LogP contribution in [0.15, 0.2) is 18.2 Å². The molecule has 2 saturated carbocycles. The molecule has 0 aliphatic heterocycles. The number of benzene rings is 1. The fraction of sp³-hybridized carbons (Fsp3) is 0.611. The molecule has 0 heterocycles. The summed E-state index contributed by atoms with van der Waals surface area (Å²) in [4.78, 5) is 12.3. The van der Waals surface area contributed by atoms with Crippen LogP contribution in [0.5, 0.6) is 5.75 Å². The summed E-state index contributed by atoms with van der Waals surface area (Å²) in [6, 6.07) is 5.57. The lowest BCUT2D eigenvalue weighted by Gasteiger charge is -2.50. The monoisotopic (exact) mass is 286 g/mol. The summed E-state index contributed by atoms with van der Waals surface area (Å²) in [6.45, 7) is 2.11. The highest BCUT2D eigenvalue weighted by Crippen LogP contribution is 2.59. The molecule has 0 amide bonds. The number of aliphatic hydroxyl groups is 1. The third-order valence-electron chi connectivity index (χ3n) is 6.44. The van der Waals surface area contributed by atoms with Crippen molar-refractivity contribution in [3.63, 3.8) is 0 Å². The Bertz CT molecular complexity index is 608. The van der Waals surface area contributed by atoms with Crippen molar-refractivity contribution in [2.75, 3.05) is 0 Å². The number of phenols is 1. The minimum atomic E-state index is -0.389. The summed E-state index contributed by atoms with van der Waals surface area (Å²) in [6.07, 6.45) is 3.73. The van der Waals surface area contributed by atoms with Gasteiger partial charge in [0.25, 0.3) is 0 Å². The van der Waals surface area contributed by atoms with Gasteiger partial charge in [0.05, 0.1) is 6.10 Å². The summed E-state index contributed by atoms with van der Waals surface area (Å²) in [5, 5.41) is 20.4. The molecular formula is C18H22O3. The van der Waals surface area contributed by atoms with Crippen LogP contribution < -0.4 is 0 Å². The highest BCUT2D eigenvalue weighted by molar-refractivity contribution is 5.87. The van der Waals surface area contributed by atoms with Crippen molar-refractivity contribution in [3.05, 3.63) is 29.3 Å². The van der Waals surface area contributed by atoms with Gasteiger partial charge in [0, 0.05) is 11.8 Å². The normalized spacial score (nSPS) is 41.3. The van der Waals surface area contributed by atoms with Gasteiger partial charge in [-0.3, -0.25) is 4.79 Å². The van der Waals surface area contributed by atoms with Crippen LogP contribution in [0.25, 0.3) is 0 Å². The molecule has 3 nitrogen and oxygen atoms in total. The molecule has 0 bridgehead atoms. The molecule has 0 radical (unpaired) electrons. The van der Waals surface area contributed by atoms with E-state index in [4.69, 9.17) is 0 Å². The first-order chi connectivity index (χ1) is 10.0. The SMILES string of the molecule is C[C@]12CC[C@@H]3c4ccc(O)cc4CC(O)C3[C@@H]1CCC2=O. The molecule has 21 heavy (non-hydrogen) atoms. The first kappa shape index (κ1) is 13.3. The largest absolute Gasteiger partial charge is 0.508 e. The minimum Gasteiger partial charge on any atom is -0.508 e. The first-order valence-corrected chi connectivity index (χ1v) is 8.04. The molecule has 3 aliphatic carbocycles. The van der Waals surface area contributed by atoms with Crippen LogP contribution in [0.3, 0.4) is 0 Å². The maximum atomic E-state index is 12.3. The van der Waals surface area contributed by atoms with Gasteiger partial charge in [-0.15, -0.1) is 0 Å². The van der Waals surface area contributed by atoms with E-state index >= 15 is 0 Å². The van der Waals surface area contributed by atoms with Crippen LogP contribution in [-0.4, -0.2) is 22.1 Å². The number of fused-ring (bicyclic) bond motifs is 5. The highest BCUT2D eigenvalue weighted by Gasteiger charge is 2.56. The second kappa shape index (κ2) is 4.33. The number of aliphatic hydroxyl groups excluding tert-OH is 1. The molecular weight excluding hydrogens is 264 g/mol. The number of aromatic hydroxyl groups is 1. The molecule has 1 aromatic rings. The molecule has 0 spiro atoms. The second-order valence-corrected chi connectivity index (χ2v) is 7.36. The number of carbonyl (C=O) groups excluding carboxylic acids is 1. The second-order valence-electron chi connectivity index (χ2n) is 7.36. The van der Waals surface area contributed by atoms with Crippen LogP contribution in [0.1, 0.15) is 49.7 Å². The molecule has 2 N–H and O–H groups in total. The zero-order valence-electron chi connectivity index (χ0n) is 12.4. The lowest BCUT2D eigenvalue weighted by molar-refractivity contribution is -0.131. The molecule has 112 valence electrons. The van der Waals surface area contributed by atoms with Crippen LogP contribution in [0.2, 0.25) is 0 Å². The van der Waals surface area contributed by atoms with E-state index in [-0.39, 0.29) is 23.2 Å². The Morgan fingerprint density at radius 3 is 2.90 bits per heavy atom. The number of hydrogen-bond donors (Lipinski definition) is 2. The first-order valence-electron chi connectivity index (χ1n) is 8.04. The van der Waals surface area contributed by atoms with Crippen LogP contribution in [-0.2, 0) is 11.2 Å². The highest BCUT2D eigenvalue weighted by atomic mass is 16.3. The summed E-state index contributed by atoms with van der Waals surface area (Å²) in [5.41, 5.74) is 2.15. The van der Waals surface area contributed by atoms with Gasteiger partial charge in [0.15, 0.2) is 0 Å². The molecule has 0 aromatic heterocycles. The van der Waals surface area contributed by atoms with Crippen LogP contribution in [0.4, 0.5) is 0 Å². The lowest BCUT2D eigenvalue weighted by atomic mass is 9.55. The van der Waals surface area contributed by atoms with E-state index in [1.807, 2.05) is 6.07 Å². The van der Waals surface area contributed by atoms with E-state index in [1.54, 1.807) is 12.1 Å². The Kier molecular flexibility index (Phi) is 2.74. The van der Waals surface area contributed by atoms with E-state index in [0.29, 0.717) is 30.5 Å². The number of Topliss-reactive ketones (excluding diaryl/α,β-unsaturated/α-hetero) is 1. The molecule has 1 aromatic carbocycles. The lowest BCUT2D eigenvalue weighted by Crippen LogP contribution is -2.48. The van der Waals surface area contributed by atoms with Crippen molar-refractivity contribution in [1.29, 1.82) is 0 Å². The quantitative estimate of drug-likeness (QED) is 0.771. The molecule has 3 heteroatoms. The van der Waals surface area contributed by atoms with Gasteiger partial charge in [-0.1, -0.05) is 13.0 Å². The molecule has 3 aliphatic rings. The van der Waals surface area contributed by atoms with Crippen molar-refractivity contribution in [1.82, 2.24) is 0 Å². The Labute approximate surface area is 125 Å². The Morgan fingerprint density at radius 1 is 1.29 bits per heavy atom. The number of phenolic OH excluding ortho intramolecular Hbond substituents is 1. The Balaban J connectivity index is 1.77. The number of rotatable bonds is 0. The zero-order valence-corrected chi connectivity index (χ0v) is 12.4. The van der Waals surface area contributed by atoms with Crippen molar-refractivity contribution in [2.24, 2.45) is 17.3 Å². The average molecular weight is 286 g/mol. The van der Waals surface area contributed by atoms with Crippen LogP contribution in [0, 0.1) is 17.3 Å². The molecule has 0 saturated heterocycles. The molecule has 2 fully saturated rings. The van der Waals surface area contributed by atoms with E-state index in [0.717, 1.165) is 24.8 Å². The number of carbonyl (C=O) groups is 1. The Hall–Kier alpha value is -1.35. The average Bonchev–Trinajstić information content (AvgIpc) is 2.74. The maximum absolute atomic E-state index is 12.3. The van der Waals surface area contributed by atoms with Gasteiger partial charge >= 0.3 is 0 Å². The van der Waals surface area contributed by atoms with Gasteiger partial charge in [-0.25, -0.2) is 0 Å². The van der Waals surface area contributed by atoms with Gasteiger partial charge in [0.2, 0.25) is 0 Å². The molecule has 5 atom stereocenters. The van der Waals surface area contributed by atoms with Gasteiger partial charge in [-0.05, 0) is 66.7 Å². The predicted molar refractivity (Wildman–Crippen MR) is 79.1 cm³/mol. The Morgan fingerprint density at radius 2 is 2.10 bits per heavy atom. The van der Waals surface area contributed by atoms with E-state index in [1.165, 1.54) is 5.56 Å². The number of ketones is 1. The summed E-state index contributed by atoms with van der Waals surface area (Å²) in [7, 11) is 0. The van der Waals surface area contributed by atoms with Gasteiger partial charge in [-0.2, -0.15) is 0 Å². The topological polar surface area (TPSA) is 57.5 Å². The summed E-state index contributed by atoms with van der Waals surface area (Å²) < 4.78 is 0. The van der Waals surface area contributed by atoms with Crippen molar-refractivity contribution >= 4 is 5.78 Å². The number of hydrogen-bond acceptors (Lipinski definition) is 3. The van der Waals surface area contributed by atoms with Crippen LogP contribution >= 0.6 is 0 Å². The molecule has 4 rings (SSSR count). The van der Waals surface area contributed by atoms with Gasteiger partial charge in [0.1, 0.15) is 11.5 Å². The third-order valence-corrected chi connectivity index (χ3v) is 6.44. The smallest absolute Gasteiger partial charge is 0.139 e. The fourth-order valence-corrected chi connectivity index (χ4v) is 5.36. The molecule has 2 unspecified atom stereocenters. The van der Waals surface area contributed by atoms with Gasteiger partial charge < -0.3 is 10.2 Å². The fourth-order valence-electron chi connectivity index (χ4n) is 5.36. The maximum Gasteiger partial charge on any atom is 0.139 e. The van der Waals surface area contributed by atoms with Crippen molar-refractivity contribution in [2.45, 2.75) is 51.0 Å². The zero-order chi connectivity index (χ0) is 14.8. The van der Waals surface area contributed by atoms with Crippen molar-refractivity contribution in [3.8, 4) is 5.75 Å². The predicted octanol–water partition coefficient (Wildman–Crippen LogP) is 2.79.